The van der Waals surface area contributed by atoms with Gasteiger partial charge in [0.25, 0.3) is 6.43 Å². The summed E-state index contributed by atoms with van der Waals surface area (Å²) < 4.78 is 31.0. The summed E-state index contributed by atoms with van der Waals surface area (Å²) in [5.41, 5.74) is 1.85. The van der Waals surface area contributed by atoms with Crippen molar-refractivity contribution in [2.45, 2.75) is 26.3 Å². The Morgan fingerprint density at radius 3 is 2.81 bits per heavy atom. The molecule has 3 aromatic heterocycles. The molecule has 3 rings (SSSR count). The van der Waals surface area contributed by atoms with E-state index >= 15 is 0 Å². The average molecular weight is 397 g/mol. The quantitative estimate of drug-likeness (QED) is 0.658. The summed E-state index contributed by atoms with van der Waals surface area (Å²) in [5.74, 6) is -1.19. The van der Waals surface area contributed by atoms with Gasteiger partial charge in [-0.1, -0.05) is 18.5 Å². The Morgan fingerprint density at radius 2 is 2.19 bits per heavy atom. The zero-order valence-electron chi connectivity index (χ0n) is 14.2. The highest BCUT2D eigenvalue weighted by molar-refractivity contribution is 6.31. The van der Waals surface area contributed by atoms with Gasteiger partial charge in [-0.2, -0.15) is 5.10 Å². The summed E-state index contributed by atoms with van der Waals surface area (Å²) >= 11 is 6.05. The number of aromatic nitrogens is 4. The lowest BCUT2D eigenvalue weighted by Crippen LogP contribution is -2.10. The van der Waals surface area contributed by atoms with Gasteiger partial charge in [-0.3, -0.25) is 4.68 Å². The van der Waals surface area contributed by atoms with Crippen molar-refractivity contribution in [3.05, 3.63) is 46.5 Å². The van der Waals surface area contributed by atoms with Gasteiger partial charge in [-0.15, -0.1) is 0 Å². The fraction of sp³-hybridized carbons (Fsp3) is 0.294. The summed E-state index contributed by atoms with van der Waals surface area (Å²) in [6.45, 7) is 1.37. The van der Waals surface area contributed by atoms with E-state index in [-0.39, 0.29) is 23.1 Å². The van der Waals surface area contributed by atoms with Gasteiger partial charge in [0.05, 0.1) is 17.4 Å². The molecule has 0 aromatic carbocycles. The van der Waals surface area contributed by atoms with Crippen LogP contribution in [0.15, 0.2) is 24.5 Å². The topological polar surface area (TPSA) is 90.1 Å². The minimum Gasteiger partial charge on any atom is -0.476 e. The first-order valence-electron chi connectivity index (χ1n) is 8.03. The number of nitrogens with zero attached hydrogens (tertiary/aromatic N) is 4. The third kappa shape index (κ3) is 3.97. The number of aromatic carboxylic acids is 1. The number of ether oxygens (including phenoxy) is 1. The van der Waals surface area contributed by atoms with Gasteiger partial charge >= 0.3 is 5.97 Å². The van der Waals surface area contributed by atoms with Gasteiger partial charge in [0.1, 0.15) is 5.02 Å². The van der Waals surface area contributed by atoms with Gasteiger partial charge < -0.3 is 9.84 Å². The van der Waals surface area contributed by atoms with Crippen molar-refractivity contribution in [2.24, 2.45) is 0 Å². The Balaban J connectivity index is 1.94. The molecule has 0 amide bonds. The van der Waals surface area contributed by atoms with Crippen LogP contribution < -0.4 is 4.74 Å². The fourth-order valence-corrected chi connectivity index (χ4v) is 3.01. The van der Waals surface area contributed by atoms with Gasteiger partial charge in [0.2, 0.25) is 5.88 Å². The average Bonchev–Trinajstić information content (AvgIpc) is 2.97. The van der Waals surface area contributed by atoms with Gasteiger partial charge in [-0.25, -0.2) is 23.5 Å². The summed E-state index contributed by atoms with van der Waals surface area (Å²) in [5, 5.41) is 14.4. The molecule has 7 nitrogen and oxygen atoms in total. The van der Waals surface area contributed by atoms with Crippen molar-refractivity contribution in [3.8, 4) is 5.88 Å². The number of carboxylic acid groups (broad SMARTS) is 1. The minimum absolute atomic E-state index is 0.0532. The lowest BCUT2D eigenvalue weighted by molar-refractivity contribution is 0.0692. The Bertz CT molecular complexity index is 994. The van der Waals surface area contributed by atoms with Crippen LogP contribution in [0.2, 0.25) is 5.02 Å². The van der Waals surface area contributed by atoms with Crippen LogP contribution in [0.5, 0.6) is 5.88 Å². The summed E-state index contributed by atoms with van der Waals surface area (Å²) in [4.78, 5) is 19.3. The van der Waals surface area contributed by atoms with Crippen molar-refractivity contribution >= 4 is 28.5 Å². The first kappa shape index (κ1) is 19.0. The lowest BCUT2D eigenvalue weighted by atomic mass is 10.1. The second kappa shape index (κ2) is 7.83. The predicted octanol–water partition coefficient (Wildman–Crippen LogP) is 3.43. The molecule has 0 spiro atoms. The molecular formula is C17H15ClF2N4O3. The second-order valence-electron chi connectivity index (χ2n) is 5.65. The largest absolute Gasteiger partial charge is 0.476 e. The van der Waals surface area contributed by atoms with Crippen LogP contribution >= 0.6 is 11.6 Å². The molecule has 1 N–H and O–H groups in total. The molecule has 142 valence electrons. The van der Waals surface area contributed by atoms with E-state index < -0.39 is 19.0 Å². The van der Waals surface area contributed by atoms with Crippen LogP contribution in [0, 0.1) is 0 Å². The predicted molar refractivity (Wildman–Crippen MR) is 93.7 cm³/mol. The smallest absolute Gasteiger partial charge is 0.355 e. The monoisotopic (exact) mass is 396 g/mol. The number of hydrogen-bond acceptors (Lipinski definition) is 5. The van der Waals surface area contributed by atoms with Crippen LogP contribution in [-0.2, 0) is 13.0 Å². The highest BCUT2D eigenvalue weighted by Gasteiger charge is 2.19. The number of carbonyl (C=O) groups is 1. The van der Waals surface area contributed by atoms with Gasteiger partial charge in [-0.05, 0) is 24.1 Å². The van der Waals surface area contributed by atoms with Crippen molar-refractivity contribution in [1.82, 2.24) is 19.7 Å². The number of alkyl halides is 2. The van der Waals surface area contributed by atoms with Crippen molar-refractivity contribution < 1.29 is 23.4 Å². The van der Waals surface area contributed by atoms with Crippen LogP contribution in [0.3, 0.4) is 0 Å². The minimum atomic E-state index is -2.62. The first-order chi connectivity index (χ1) is 12.9. The maximum Gasteiger partial charge on any atom is 0.355 e. The summed E-state index contributed by atoms with van der Waals surface area (Å²) in [6.07, 6.45) is 0.771. The Hall–Kier alpha value is -2.81. The van der Waals surface area contributed by atoms with E-state index in [1.807, 2.05) is 6.92 Å². The number of carboxylic acids is 1. The molecule has 0 unspecified atom stereocenters. The van der Waals surface area contributed by atoms with E-state index in [0.717, 1.165) is 0 Å². The molecule has 27 heavy (non-hydrogen) atoms. The maximum atomic E-state index is 12.2. The molecule has 0 aliphatic heterocycles. The molecule has 3 aromatic rings. The fourth-order valence-electron chi connectivity index (χ4n) is 2.76. The third-order valence-corrected chi connectivity index (χ3v) is 4.11. The van der Waals surface area contributed by atoms with Crippen molar-refractivity contribution in [2.75, 3.05) is 6.61 Å². The van der Waals surface area contributed by atoms with Crippen LogP contribution in [0.4, 0.5) is 8.78 Å². The highest BCUT2D eigenvalue weighted by Crippen LogP contribution is 2.26. The molecule has 0 aliphatic rings. The van der Waals surface area contributed by atoms with Crippen molar-refractivity contribution in [1.29, 1.82) is 0 Å². The van der Waals surface area contributed by atoms with E-state index in [4.69, 9.17) is 16.3 Å². The Labute approximate surface area is 157 Å². The lowest BCUT2D eigenvalue weighted by Gasteiger charge is -2.10. The molecule has 0 aliphatic carbocycles. The molecule has 0 fully saturated rings. The Kier molecular flexibility index (Phi) is 5.50. The molecule has 0 saturated heterocycles. The van der Waals surface area contributed by atoms with E-state index in [2.05, 4.69) is 15.1 Å². The first-order valence-corrected chi connectivity index (χ1v) is 8.41. The number of hydrogen-bond donors (Lipinski definition) is 1. The number of halogens is 3. The van der Waals surface area contributed by atoms with Crippen molar-refractivity contribution in [3.63, 3.8) is 0 Å². The van der Waals surface area contributed by atoms with Gasteiger partial charge in [0.15, 0.2) is 12.3 Å². The maximum absolute atomic E-state index is 12.2. The zero-order valence-corrected chi connectivity index (χ0v) is 15.0. The Morgan fingerprint density at radius 1 is 1.41 bits per heavy atom. The molecule has 0 bridgehead atoms. The molecule has 0 atom stereocenters. The normalized spacial score (nSPS) is 11.3. The standard InChI is InChI=1S/C17H15ClF2N4O3/c1-2-12-14-11(3-4-21-15(14)17(25)26)23-24(12)7-9-5-10(18)16(22-6-9)27-8-13(19)20/h3-6,13H,2,7-8H2,1H3,(H,25,26). The van der Waals surface area contributed by atoms with E-state index in [1.54, 1.807) is 16.8 Å². The second-order valence-corrected chi connectivity index (χ2v) is 6.06. The number of fused-ring (bicyclic) bond motifs is 1. The molecule has 0 saturated carbocycles. The van der Waals surface area contributed by atoms with Crippen LogP contribution in [0.1, 0.15) is 28.7 Å². The molecule has 3 heterocycles. The van der Waals surface area contributed by atoms with E-state index in [9.17, 15) is 18.7 Å². The van der Waals surface area contributed by atoms with Crippen LogP contribution in [-0.4, -0.2) is 43.9 Å². The number of pyridine rings is 2. The van der Waals surface area contributed by atoms with E-state index in [1.165, 1.54) is 12.4 Å². The molecular weight excluding hydrogens is 382 g/mol. The highest BCUT2D eigenvalue weighted by atomic mass is 35.5. The van der Waals surface area contributed by atoms with Crippen LogP contribution in [0.25, 0.3) is 10.9 Å². The van der Waals surface area contributed by atoms with E-state index in [0.29, 0.717) is 28.6 Å². The SMILES string of the molecule is CCc1c2c(C(=O)O)nccc2nn1Cc1cnc(OCC(F)F)c(Cl)c1. The summed E-state index contributed by atoms with van der Waals surface area (Å²) in [7, 11) is 0. The molecule has 10 heteroatoms. The molecule has 0 radical (unpaired) electrons. The number of rotatable bonds is 7. The number of aryl methyl sites for hydroxylation is 1. The van der Waals surface area contributed by atoms with Gasteiger partial charge in [0, 0.05) is 18.1 Å². The zero-order chi connectivity index (χ0) is 19.6. The summed E-state index contributed by atoms with van der Waals surface area (Å²) in [6, 6.07) is 3.20. The third-order valence-electron chi connectivity index (χ3n) is 3.84.